The zero-order valence-corrected chi connectivity index (χ0v) is 10.9. The van der Waals surface area contributed by atoms with E-state index in [-0.39, 0.29) is 5.78 Å². The summed E-state index contributed by atoms with van der Waals surface area (Å²) in [4.78, 5) is 17.0. The van der Waals surface area contributed by atoms with Crippen molar-refractivity contribution in [2.24, 2.45) is 0 Å². The van der Waals surface area contributed by atoms with E-state index in [1.54, 1.807) is 22.7 Å². The van der Waals surface area contributed by atoms with Gasteiger partial charge in [-0.3, -0.25) is 4.79 Å². The highest BCUT2D eigenvalue weighted by Crippen LogP contribution is 2.31. The Morgan fingerprint density at radius 2 is 2.06 bits per heavy atom. The second-order valence-electron chi connectivity index (χ2n) is 3.80. The van der Waals surface area contributed by atoms with E-state index in [4.69, 9.17) is 0 Å². The van der Waals surface area contributed by atoms with Gasteiger partial charge in [-0.1, -0.05) is 6.07 Å². The molecule has 0 amide bonds. The maximum atomic E-state index is 11.8. The summed E-state index contributed by atoms with van der Waals surface area (Å²) < 4.78 is 0. The van der Waals surface area contributed by atoms with Gasteiger partial charge in [-0.15, -0.1) is 22.7 Å². The molecule has 16 heavy (non-hydrogen) atoms. The molecular weight excluding hydrogens is 238 g/mol. The molecule has 0 fully saturated rings. The van der Waals surface area contributed by atoms with Gasteiger partial charge in [0.05, 0.1) is 11.4 Å². The average molecular weight is 251 g/mol. The lowest BCUT2D eigenvalue weighted by Gasteiger charge is -2.06. The van der Waals surface area contributed by atoms with Crippen LogP contribution in [-0.2, 0) is 0 Å². The SMILES string of the molecule is CN(C)CC(=O)c1ccc(-c2cccs2)s1. The number of ketones is 1. The largest absolute Gasteiger partial charge is 0.302 e. The first-order chi connectivity index (χ1) is 7.66. The molecule has 0 saturated heterocycles. The first-order valence-corrected chi connectivity index (χ1v) is 6.68. The second kappa shape index (κ2) is 4.91. The van der Waals surface area contributed by atoms with Gasteiger partial charge in [0.25, 0.3) is 0 Å². The Labute approximate surface area is 103 Å². The maximum Gasteiger partial charge on any atom is 0.186 e. The van der Waals surface area contributed by atoms with Gasteiger partial charge in [-0.25, -0.2) is 0 Å². The molecule has 0 unspecified atom stereocenters. The quantitative estimate of drug-likeness (QED) is 0.778. The molecule has 0 aliphatic heterocycles. The molecule has 2 aromatic heterocycles. The van der Waals surface area contributed by atoms with Crippen molar-refractivity contribution >= 4 is 28.5 Å². The van der Waals surface area contributed by atoms with Crippen molar-refractivity contribution in [3.05, 3.63) is 34.5 Å². The zero-order chi connectivity index (χ0) is 11.5. The van der Waals surface area contributed by atoms with Crippen LogP contribution in [0.5, 0.6) is 0 Å². The van der Waals surface area contributed by atoms with Gasteiger partial charge in [0.1, 0.15) is 0 Å². The van der Waals surface area contributed by atoms with Crippen LogP contribution in [-0.4, -0.2) is 31.3 Å². The van der Waals surface area contributed by atoms with E-state index in [2.05, 4.69) is 11.4 Å². The summed E-state index contributed by atoms with van der Waals surface area (Å²) in [5.41, 5.74) is 0. The predicted octanol–water partition coefficient (Wildman–Crippen LogP) is 3.22. The molecule has 0 atom stereocenters. The number of carbonyl (C=O) groups excluding carboxylic acids is 1. The first-order valence-electron chi connectivity index (χ1n) is 4.98. The van der Waals surface area contributed by atoms with E-state index in [0.29, 0.717) is 6.54 Å². The zero-order valence-electron chi connectivity index (χ0n) is 9.27. The Balaban J connectivity index is 2.17. The van der Waals surface area contributed by atoms with Crippen LogP contribution in [0.15, 0.2) is 29.6 Å². The van der Waals surface area contributed by atoms with Gasteiger partial charge in [0.2, 0.25) is 0 Å². The standard InChI is InChI=1S/C12H13NOS2/c1-13(2)8-9(14)10-5-6-12(16-10)11-4-3-7-15-11/h3-7H,8H2,1-2H3. The van der Waals surface area contributed by atoms with Gasteiger partial charge in [-0.05, 0) is 37.7 Å². The normalized spacial score (nSPS) is 10.9. The summed E-state index contributed by atoms with van der Waals surface area (Å²) in [6.07, 6.45) is 0. The number of rotatable bonds is 4. The number of carbonyl (C=O) groups is 1. The Morgan fingerprint density at radius 1 is 1.25 bits per heavy atom. The smallest absolute Gasteiger partial charge is 0.186 e. The number of nitrogens with zero attached hydrogens (tertiary/aromatic N) is 1. The molecule has 0 radical (unpaired) electrons. The van der Waals surface area contributed by atoms with Crippen LogP contribution in [0, 0.1) is 0 Å². The Hall–Kier alpha value is -0.970. The molecule has 4 heteroatoms. The fourth-order valence-corrected chi connectivity index (χ4v) is 3.17. The number of hydrogen-bond acceptors (Lipinski definition) is 4. The Kier molecular flexibility index (Phi) is 3.53. The van der Waals surface area contributed by atoms with Crippen molar-refractivity contribution in [3.8, 4) is 9.75 Å². The molecule has 2 nitrogen and oxygen atoms in total. The average Bonchev–Trinajstić information content (AvgIpc) is 2.87. The molecule has 0 aliphatic rings. The molecule has 0 bridgehead atoms. The van der Waals surface area contributed by atoms with E-state index < -0.39 is 0 Å². The van der Waals surface area contributed by atoms with Crippen LogP contribution in [0.4, 0.5) is 0 Å². The van der Waals surface area contributed by atoms with Crippen molar-refractivity contribution in [2.75, 3.05) is 20.6 Å². The molecule has 2 heterocycles. The molecule has 0 aliphatic carbocycles. The highest BCUT2D eigenvalue weighted by atomic mass is 32.1. The third kappa shape index (κ3) is 2.58. The van der Waals surface area contributed by atoms with Crippen molar-refractivity contribution in [1.29, 1.82) is 0 Å². The van der Waals surface area contributed by atoms with Gasteiger partial charge in [-0.2, -0.15) is 0 Å². The van der Waals surface area contributed by atoms with Gasteiger partial charge < -0.3 is 4.90 Å². The molecule has 2 aromatic rings. The van der Waals surface area contributed by atoms with E-state index >= 15 is 0 Å². The lowest BCUT2D eigenvalue weighted by atomic mass is 10.3. The maximum absolute atomic E-state index is 11.8. The molecule has 0 aromatic carbocycles. The Morgan fingerprint density at radius 3 is 2.69 bits per heavy atom. The summed E-state index contributed by atoms with van der Waals surface area (Å²) in [5, 5.41) is 2.05. The van der Waals surface area contributed by atoms with E-state index in [0.717, 1.165) is 4.88 Å². The minimum atomic E-state index is 0.192. The summed E-state index contributed by atoms with van der Waals surface area (Å²) in [7, 11) is 3.82. The van der Waals surface area contributed by atoms with Crippen molar-refractivity contribution in [2.45, 2.75) is 0 Å². The van der Waals surface area contributed by atoms with Crippen LogP contribution in [0.3, 0.4) is 0 Å². The molecular formula is C12H13NOS2. The summed E-state index contributed by atoms with van der Waals surface area (Å²) in [6.45, 7) is 0.477. The molecule has 0 saturated carbocycles. The summed E-state index contributed by atoms with van der Waals surface area (Å²) >= 11 is 3.28. The lowest BCUT2D eigenvalue weighted by molar-refractivity contribution is 0.0962. The van der Waals surface area contributed by atoms with Gasteiger partial charge >= 0.3 is 0 Å². The summed E-state index contributed by atoms with van der Waals surface area (Å²) in [6, 6.07) is 8.06. The highest BCUT2D eigenvalue weighted by Gasteiger charge is 2.11. The minimum absolute atomic E-state index is 0.192. The van der Waals surface area contributed by atoms with E-state index in [1.807, 2.05) is 37.2 Å². The van der Waals surface area contributed by atoms with Crippen LogP contribution in [0.25, 0.3) is 9.75 Å². The van der Waals surface area contributed by atoms with Crippen molar-refractivity contribution in [1.82, 2.24) is 4.90 Å². The third-order valence-corrected chi connectivity index (χ3v) is 4.30. The number of thiophene rings is 2. The number of likely N-dealkylation sites (N-methyl/N-ethyl adjacent to an activating group) is 1. The predicted molar refractivity (Wildman–Crippen MR) is 70.5 cm³/mol. The van der Waals surface area contributed by atoms with Crippen LogP contribution in [0.1, 0.15) is 9.67 Å². The van der Waals surface area contributed by atoms with Crippen LogP contribution in [0.2, 0.25) is 0 Å². The fourth-order valence-electron chi connectivity index (χ4n) is 1.40. The van der Waals surface area contributed by atoms with Crippen LogP contribution >= 0.6 is 22.7 Å². The lowest BCUT2D eigenvalue weighted by Crippen LogP contribution is -2.20. The van der Waals surface area contributed by atoms with E-state index in [1.165, 1.54) is 9.75 Å². The topological polar surface area (TPSA) is 20.3 Å². The monoisotopic (exact) mass is 251 g/mol. The number of Topliss-reactive ketones (excluding diaryl/α,β-unsaturated/α-hetero) is 1. The molecule has 84 valence electrons. The molecule has 2 rings (SSSR count). The number of hydrogen-bond donors (Lipinski definition) is 0. The van der Waals surface area contributed by atoms with Crippen molar-refractivity contribution < 1.29 is 4.79 Å². The van der Waals surface area contributed by atoms with Gasteiger partial charge in [0.15, 0.2) is 5.78 Å². The highest BCUT2D eigenvalue weighted by molar-refractivity contribution is 7.22. The first kappa shape index (κ1) is 11.5. The fraction of sp³-hybridized carbons (Fsp3) is 0.250. The Bertz CT molecular complexity index is 471. The third-order valence-electron chi connectivity index (χ3n) is 2.10. The second-order valence-corrected chi connectivity index (χ2v) is 5.83. The van der Waals surface area contributed by atoms with Gasteiger partial charge in [0, 0.05) is 9.75 Å². The minimum Gasteiger partial charge on any atom is -0.302 e. The summed E-state index contributed by atoms with van der Waals surface area (Å²) in [5.74, 6) is 0.192. The van der Waals surface area contributed by atoms with Crippen LogP contribution < -0.4 is 0 Å². The molecule has 0 N–H and O–H groups in total. The molecule has 0 spiro atoms. The van der Waals surface area contributed by atoms with E-state index in [9.17, 15) is 4.79 Å². The van der Waals surface area contributed by atoms with Crippen molar-refractivity contribution in [3.63, 3.8) is 0 Å².